The molecule has 0 unspecified atom stereocenters. The summed E-state index contributed by atoms with van der Waals surface area (Å²) in [7, 11) is 3.12. The second kappa shape index (κ2) is 9.21. The maximum Gasteiger partial charge on any atom is 0.276 e. The van der Waals surface area contributed by atoms with Crippen molar-refractivity contribution in [1.29, 1.82) is 0 Å². The second-order valence-electron chi connectivity index (χ2n) is 6.66. The Labute approximate surface area is 159 Å². The van der Waals surface area contributed by atoms with Crippen molar-refractivity contribution in [1.82, 2.24) is 10.2 Å². The number of amides is 1. The van der Waals surface area contributed by atoms with Gasteiger partial charge in [0, 0.05) is 12.1 Å². The minimum atomic E-state index is -0.352. The van der Waals surface area contributed by atoms with Gasteiger partial charge in [-0.25, -0.2) is 0 Å². The van der Waals surface area contributed by atoms with Crippen LogP contribution in [-0.2, 0) is 0 Å². The third-order valence-electron chi connectivity index (χ3n) is 4.76. The van der Waals surface area contributed by atoms with Crippen molar-refractivity contribution in [3.05, 3.63) is 36.0 Å². The van der Waals surface area contributed by atoms with Gasteiger partial charge in [-0.05, 0) is 37.1 Å². The molecule has 7 heteroatoms. The van der Waals surface area contributed by atoms with Gasteiger partial charge in [-0.3, -0.25) is 4.79 Å². The van der Waals surface area contributed by atoms with Crippen LogP contribution in [0.3, 0.4) is 0 Å². The summed E-state index contributed by atoms with van der Waals surface area (Å²) >= 11 is 0. The van der Waals surface area contributed by atoms with Gasteiger partial charge in [-0.1, -0.05) is 25.7 Å². The van der Waals surface area contributed by atoms with E-state index in [0.29, 0.717) is 29.0 Å². The van der Waals surface area contributed by atoms with Crippen molar-refractivity contribution < 1.29 is 14.3 Å². The average Bonchev–Trinajstić information content (AvgIpc) is 2.97. The maximum atomic E-state index is 12.5. The lowest BCUT2D eigenvalue weighted by Crippen LogP contribution is -2.20. The summed E-state index contributed by atoms with van der Waals surface area (Å²) in [4.78, 5) is 12.5. The molecule has 27 heavy (non-hydrogen) atoms. The van der Waals surface area contributed by atoms with Gasteiger partial charge in [0.05, 0.1) is 19.9 Å². The molecule has 0 radical (unpaired) electrons. The number of benzene rings is 1. The molecule has 0 spiro atoms. The first-order valence-electron chi connectivity index (χ1n) is 9.33. The molecule has 1 heterocycles. The lowest BCUT2D eigenvalue weighted by molar-refractivity contribution is 0.102. The monoisotopic (exact) mass is 370 g/mol. The molecule has 2 aromatic rings. The highest BCUT2D eigenvalue weighted by Gasteiger charge is 2.15. The Bertz CT molecular complexity index is 756. The number of nitrogens with zero attached hydrogens (tertiary/aromatic N) is 2. The third-order valence-corrected chi connectivity index (χ3v) is 4.76. The normalized spacial score (nSPS) is 14.9. The molecule has 7 nitrogen and oxygen atoms in total. The van der Waals surface area contributed by atoms with Crippen molar-refractivity contribution in [3.63, 3.8) is 0 Å². The molecule has 144 valence electrons. The highest BCUT2D eigenvalue weighted by Crippen LogP contribution is 2.29. The maximum absolute atomic E-state index is 12.5. The van der Waals surface area contributed by atoms with Gasteiger partial charge in [0.1, 0.15) is 17.3 Å². The van der Waals surface area contributed by atoms with E-state index in [0.717, 1.165) is 12.8 Å². The molecule has 1 aliphatic carbocycles. The Kier molecular flexibility index (Phi) is 6.46. The zero-order valence-corrected chi connectivity index (χ0v) is 15.8. The largest absolute Gasteiger partial charge is 0.497 e. The molecular weight excluding hydrogens is 344 g/mol. The fourth-order valence-corrected chi connectivity index (χ4v) is 3.26. The standard InChI is InChI=1S/C20H26N4O3/c1-26-15-9-11-18(27-2)17(13-15)22-20(25)16-10-12-19(24-23-16)21-14-7-5-3-4-6-8-14/h9-14H,3-8H2,1-2H3,(H,21,24)(H,22,25). The summed E-state index contributed by atoms with van der Waals surface area (Å²) in [6, 6.07) is 9.11. The topological polar surface area (TPSA) is 85.4 Å². The molecule has 2 N–H and O–H groups in total. The Morgan fingerprint density at radius 2 is 1.78 bits per heavy atom. The molecule has 1 fully saturated rings. The van der Waals surface area contributed by atoms with Crippen LogP contribution in [0.2, 0.25) is 0 Å². The number of ether oxygens (including phenoxy) is 2. The molecule has 1 aromatic carbocycles. The smallest absolute Gasteiger partial charge is 0.276 e. The number of methoxy groups -OCH3 is 2. The predicted molar refractivity (Wildman–Crippen MR) is 105 cm³/mol. The van der Waals surface area contributed by atoms with Crippen molar-refractivity contribution in [2.45, 2.75) is 44.6 Å². The third kappa shape index (κ3) is 5.09. The lowest BCUT2D eigenvalue weighted by atomic mass is 10.1. The fraction of sp³-hybridized carbons (Fsp3) is 0.450. The second-order valence-corrected chi connectivity index (χ2v) is 6.66. The lowest BCUT2D eigenvalue weighted by Gasteiger charge is -2.16. The van der Waals surface area contributed by atoms with Gasteiger partial charge in [0.15, 0.2) is 5.69 Å². The first-order valence-corrected chi connectivity index (χ1v) is 9.33. The van der Waals surface area contributed by atoms with Crippen LogP contribution < -0.4 is 20.1 Å². The van der Waals surface area contributed by atoms with Gasteiger partial charge in [-0.2, -0.15) is 0 Å². The molecule has 1 aromatic heterocycles. The van der Waals surface area contributed by atoms with E-state index < -0.39 is 0 Å². The Hall–Kier alpha value is -2.83. The fourth-order valence-electron chi connectivity index (χ4n) is 3.26. The molecule has 0 atom stereocenters. The van der Waals surface area contributed by atoms with Crippen LogP contribution in [0.4, 0.5) is 11.5 Å². The van der Waals surface area contributed by atoms with E-state index in [9.17, 15) is 4.79 Å². The van der Waals surface area contributed by atoms with Gasteiger partial charge < -0.3 is 20.1 Å². The van der Waals surface area contributed by atoms with Gasteiger partial charge in [-0.15, -0.1) is 10.2 Å². The predicted octanol–water partition coefficient (Wildman–Crippen LogP) is 3.88. The van der Waals surface area contributed by atoms with E-state index >= 15 is 0 Å². The minimum Gasteiger partial charge on any atom is -0.497 e. The Morgan fingerprint density at radius 1 is 1.00 bits per heavy atom. The van der Waals surface area contributed by atoms with Crippen LogP contribution in [0.1, 0.15) is 49.0 Å². The van der Waals surface area contributed by atoms with Gasteiger partial charge in [0.2, 0.25) is 0 Å². The summed E-state index contributed by atoms with van der Waals surface area (Å²) in [5, 5.41) is 14.5. The molecule has 0 saturated heterocycles. The van der Waals surface area contributed by atoms with Gasteiger partial charge in [0.25, 0.3) is 5.91 Å². The first-order chi connectivity index (χ1) is 13.2. The number of carbonyl (C=O) groups excluding carboxylic acids is 1. The summed E-state index contributed by atoms with van der Waals surface area (Å²) < 4.78 is 10.5. The van der Waals surface area contributed by atoms with E-state index in [2.05, 4.69) is 20.8 Å². The van der Waals surface area contributed by atoms with E-state index in [1.54, 1.807) is 44.6 Å². The van der Waals surface area contributed by atoms with Crippen LogP contribution in [0.5, 0.6) is 11.5 Å². The first kappa shape index (κ1) is 18.9. The number of anilines is 2. The summed E-state index contributed by atoms with van der Waals surface area (Å²) in [5.41, 5.74) is 0.760. The number of hydrogen-bond donors (Lipinski definition) is 2. The van der Waals surface area contributed by atoms with E-state index in [-0.39, 0.29) is 11.6 Å². The van der Waals surface area contributed by atoms with E-state index in [1.807, 2.05) is 0 Å². The zero-order chi connectivity index (χ0) is 19.1. The molecule has 3 rings (SSSR count). The number of rotatable bonds is 6. The number of nitrogens with one attached hydrogen (secondary N) is 2. The number of carbonyl (C=O) groups is 1. The molecule has 1 saturated carbocycles. The van der Waals surface area contributed by atoms with Gasteiger partial charge >= 0.3 is 0 Å². The van der Waals surface area contributed by atoms with Crippen LogP contribution in [0.25, 0.3) is 0 Å². The molecular formula is C20H26N4O3. The SMILES string of the molecule is COc1ccc(OC)c(NC(=O)c2ccc(NC3CCCCCC3)nn2)c1. The highest BCUT2D eigenvalue weighted by atomic mass is 16.5. The molecule has 1 amide bonds. The summed E-state index contributed by atoms with van der Waals surface area (Å²) in [6.45, 7) is 0. The highest BCUT2D eigenvalue weighted by molar-refractivity contribution is 6.03. The minimum absolute atomic E-state index is 0.242. The number of aromatic nitrogens is 2. The molecule has 0 bridgehead atoms. The zero-order valence-electron chi connectivity index (χ0n) is 15.8. The Balaban J connectivity index is 1.65. The van der Waals surface area contributed by atoms with Crippen LogP contribution in [0, 0.1) is 0 Å². The molecule has 1 aliphatic rings. The van der Waals surface area contributed by atoms with Crippen molar-refractivity contribution in [3.8, 4) is 11.5 Å². The van der Waals surface area contributed by atoms with E-state index in [4.69, 9.17) is 9.47 Å². The molecule has 0 aliphatic heterocycles. The van der Waals surface area contributed by atoms with Crippen LogP contribution in [-0.4, -0.2) is 36.4 Å². The van der Waals surface area contributed by atoms with Crippen molar-refractivity contribution in [2.75, 3.05) is 24.9 Å². The van der Waals surface area contributed by atoms with Crippen LogP contribution >= 0.6 is 0 Å². The van der Waals surface area contributed by atoms with E-state index in [1.165, 1.54) is 25.7 Å². The quantitative estimate of drug-likeness (QED) is 0.751. The van der Waals surface area contributed by atoms with Crippen molar-refractivity contribution in [2.24, 2.45) is 0 Å². The average molecular weight is 370 g/mol. The Morgan fingerprint density at radius 3 is 2.41 bits per heavy atom. The summed E-state index contributed by atoms with van der Waals surface area (Å²) in [6.07, 6.45) is 7.40. The number of hydrogen-bond acceptors (Lipinski definition) is 6. The van der Waals surface area contributed by atoms with Crippen molar-refractivity contribution >= 4 is 17.4 Å². The summed E-state index contributed by atoms with van der Waals surface area (Å²) in [5.74, 6) is 1.52. The van der Waals surface area contributed by atoms with Crippen LogP contribution in [0.15, 0.2) is 30.3 Å².